The van der Waals surface area contributed by atoms with E-state index in [4.69, 9.17) is 4.74 Å². The molecule has 0 unspecified atom stereocenters. The standard InChI is InChI=1S/C9H8BrNOS2/c1-12-3-9-11-7(5-14-9)8-2-6(10)4-13-8/h2,4-5H,3H2,1H3. The second-order valence-electron chi connectivity index (χ2n) is 2.69. The molecular formula is C9H8BrNOS2. The molecule has 2 aromatic rings. The van der Waals surface area contributed by atoms with Crippen molar-refractivity contribution < 1.29 is 4.74 Å². The van der Waals surface area contributed by atoms with E-state index in [2.05, 4.69) is 37.7 Å². The van der Waals surface area contributed by atoms with E-state index in [1.165, 1.54) is 4.88 Å². The molecule has 0 saturated heterocycles. The SMILES string of the molecule is COCc1nc(-c2cc(Br)cs2)cs1. The number of hydrogen-bond acceptors (Lipinski definition) is 4. The van der Waals surface area contributed by atoms with Gasteiger partial charge in [-0.3, -0.25) is 0 Å². The minimum absolute atomic E-state index is 0.594. The molecule has 74 valence electrons. The highest BCUT2D eigenvalue weighted by molar-refractivity contribution is 9.10. The number of nitrogens with zero attached hydrogens (tertiary/aromatic N) is 1. The Morgan fingerprint density at radius 3 is 2.93 bits per heavy atom. The molecule has 0 amide bonds. The van der Waals surface area contributed by atoms with E-state index in [9.17, 15) is 0 Å². The second-order valence-corrected chi connectivity index (χ2v) is 5.46. The van der Waals surface area contributed by atoms with Crippen molar-refractivity contribution in [1.82, 2.24) is 4.98 Å². The van der Waals surface area contributed by atoms with Gasteiger partial charge in [-0.05, 0) is 22.0 Å². The van der Waals surface area contributed by atoms with Crippen LogP contribution in [0.4, 0.5) is 0 Å². The summed E-state index contributed by atoms with van der Waals surface area (Å²) in [6.45, 7) is 0.594. The molecular weight excluding hydrogens is 282 g/mol. The van der Waals surface area contributed by atoms with Crippen molar-refractivity contribution in [3.05, 3.63) is 26.3 Å². The number of methoxy groups -OCH3 is 1. The van der Waals surface area contributed by atoms with Crippen LogP contribution in [0.2, 0.25) is 0 Å². The van der Waals surface area contributed by atoms with Crippen molar-refractivity contribution in [3.8, 4) is 10.6 Å². The molecule has 0 aliphatic rings. The summed E-state index contributed by atoms with van der Waals surface area (Å²) in [6, 6.07) is 2.08. The Morgan fingerprint density at radius 1 is 1.43 bits per heavy atom. The lowest BCUT2D eigenvalue weighted by Gasteiger charge is -1.90. The molecule has 0 aliphatic heterocycles. The maximum absolute atomic E-state index is 5.02. The van der Waals surface area contributed by atoms with Crippen molar-refractivity contribution >= 4 is 38.6 Å². The van der Waals surface area contributed by atoms with Crippen LogP contribution >= 0.6 is 38.6 Å². The molecule has 2 aromatic heterocycles. The summed E-state index contributed by atoms with van der Waals surface area (Å²) < 4.78 is 6.13. The first-order chi connectivity index (χ1) is 6.79. The predicted octanol–water partition coefficient (Wildman–Crippen LogP) is 3.78. The number of aromatic nitrogens is 1. The monoisotopic (exact) mass is 289 g/mol. The van der Waals surface area contributed by atoms with Crippen molar-refractivity contribution in [2.45, 2.75) is 6.61 Å². The van der Waals surface area contributed by atoms with Crippen molar-refractivity contribution in [2.24, 2.45) is 0 Å². The van der Waals surface area contributed by atoms with Crippen LogP contribution in [0.1, 0.15) is 5.01 Å². The van der Waals surface area contributed by atoms with Gasteiger partial charge in [-0.1, -0.05) is 0 Å². The smallest absolute Gasteiger partial charge is 0.119 e. The van der Waals surface area contributed by atoms with Gasteiger partial charge in [-0.25, -0.2) is 4.98 Å². The Morgan fingerprint density at radius 2 is 2.29 bits per heavy atom. The van der Waals surface area contributed by atoms with Crippen LogP contribution in [0.15, 0.2) is 21.3 Å². The minimum Gasteiger partial charge on any atom is -0.378 e. The first-order valence-electron chi connectivity index (χ1n) is 3.97. The van der Waals surface area contributed by atoms with Gasteiger partial charge >= 0.3 is 0 Å². The van der Waals surface area contributed by atoms with Crippen molar-refractivity contribution in [1.29, 1.82) is 0 Å². The molecule has 0 spiro atoms. The minimum atomic E-state index is 0.594. The lowest BCUT2D eigenvalue weighted by molar-refractivity contribution is 0.184. The molecule has 0 N–H and O–H groups in total. The van der Waals surface area contributed by atoms with Crippen LogP contribution in [-0.4, -0.2) is 12.1 Å². The van der Waals surface area contributed by atoms with Gasteiger partial charge in [0.15, 0.2) is 0 Å². The summed E-state index contributed by atoms with van der Waals surface area (Å²) >= 11 is 6.75. The molecule has 0 fully saturated rings. The second kappa shape index (κ2) is 4.53. The summed E-state index contributed by atoms with van der Waals surface area (Å²) in [5.41, 5.74) is 1.04. The molecule has 0 bridgehead atoms. The fourth-order valence-electron chi connectivity index (χ4n) is 1.06. The molecule has 2 heterocycles. The number of thiazole rings is 1. The molecule has 0 aromatic carbocycles. The van der Waals surface area contributed by atoms with Crippen LogP contribution in [0.25, 0.3) is 10.6 Å². The van der Waals surface area contributed by atoms with Crippen LogP contribution < -0.4 is 0 Å². The third-order valence-corrected chi connectivity index (χ3v) is 4.18. The topological polar surface area (TPSA) is 22.1 Å². The fourth-order valence-corrected chi connectivity index (χ4v) is 3.29. The first kappa shape index (κ1) is 10.3. The van der Waals surface area contributed by atoms with E-state index < -0.39 is 0 Å². The summed E-state index contributed by atoms with van der Waals surface area (Å²) in [7, 11) is 1.68. The van der Waals surface area contributed by atoms with E-state index in [-0.39, 0.29) is 0 Å². The van der Waals surface area contributed by atoms with Gasteiger partial charge < -0.3 is 4.74 Å². The van der Waals surface area contributed by atoms with Crippen LogP contribution in [-0.2, 0) is 11.3 Å². The van der Waals surface area contributed by atoms with E-state index in [0.29, 0.717) is 6.61 Å². The summed E-state index contributed by atoms with van der Waals surface area (Å²) in [5.74, 6) is 0. The highest BCUT2D eigenvalue weighted by Gasteiger charge is 2.06. The molecule has 0 radical (unpaired) electrons. The van der Waals surface area contributed by atoms with Gasteiger partial charge in [-0.15, -0.1) is 22.7 Å². The lowest BCUT2D eigenvalue weighted by atomic mass is 10.4. The van der Waals surface area contributed by atoms with E-state index in [0.717, 1.165) is 15.2 Å². The zero-order valence-corrected chi connectivity index (χ0v) is 10.7. The first-order valence-corrected chi connectivity index (χ1v) is 6.52. The predicted molar refractivity (Wildman–Crippen MR) is 63.8 cm³/mol. The third kappa shape index (κ3) is 2.23. The molecule has 2 nitrogen and oxygen atoms in total. The molecule has 0 saturated carbocycles. The maximum atomic E-state index is 5.02. The third-order valence-electron chi connectivity index (χ3n) is 1.64. The molecule has 2 rings (SSSR count). The van der Waals surface area contributed by atoms with Gasteiger partial charge in [0.05, 0.1) is 17.2 Å². The van der Waals surface area contributed by atoms with Crippen LogP contribution in [0.3, 0.4) is 0 Å². The zero-order chi connectivity index (χ0) is 9.97. The number of hydrogen-bond donors (Lipinski definition) is 0. The van der Waals surface area contributed by atoms with E-state index in [1.54, 1.807) is 29.8 Å². The highest BCUT2D eigenvalue weighted by Crippen LogP contribution is 2.30. The average molecular weight is 290 g/mol. The van der Waals surface area contributed by atoms with Crippen molar-refractivity contribution in [3.63, 3.8) is 0 Å². The summed E-state index contributed by atoms with van der Waals surface area (Å²) in [6.07, 6.45) is 0. The highest BCUT2D eigenvalue weighted by atomic mass is 79.9. The molecule has 0 atom stereocenters. The van der Waals surface area contributed by atoms with Gasteiger partial charge in [0.2, 0.25) is 0 Å². The normalized spacial score (nSPS) is 10.7. The van der Waals surface area contributed by atoms with Crippen molar-refractivity contribution in [2.75, 3.05) is 7.11 Å². The molecule has 14 heavy (non-hydrogen) atoms. The Hall–Kier alpha value is -0.230. The molecule has 0 aliphatic carbocycles. The fraction of sp³-hybridized carbons (Fsp3) is 0.222. The lowest BCUT2D eigenvalue weighted by Crippen LogP contribution is -1.84. The number of ether oxygens (including phenoxy) is 1. The number of thiophene rings is 1. The number of rotatable bonds is 3. The van der Waals surface area contributed by atoms with Crippen LogP contribution in [0, 0.1) is 0 Å². The van der Waals surface area contributed by atoms with Gasteiger partial charge in [0.25, 0.3) is 0 Å². The summed E-state index contributed by atoms with van der Waals surface area (Å²) in [4.78, 5) is 5.66. The molecule has 5 heteroatoms. The summed E-state index contributed by atoms with van der Waals surface area (Å²) in [5, 5.41) is 5.14. The van der Waals surface area contributed by atoms with Gasteiger partial charge in [0, 0.05) is 22.3 Å². The Bertz CT molecular complexity index is 424. The largest absolute Gasteiger partial charge is 0.378 e. The Balaban J connectivity index is 2.24. The van der Waals surface area contributed by atoms with E-state index in [1.807, 2.05) is 0 Å². The number of halogens is 1. The van der Waals surface area contributed by atoms with Crippen LogP contribution in [0.5, 0.6) is 0 Å². The zero-order valence-electron chi connectivity index (χ0n) is 7.49. The van der Waals surface area contributed by atoms with Gasteiger partial charge in [0.1, 0.15) is 5.01 Å². The Labute approximate surface area is 98.7 Å². The average Bonchev–Trinajstić information content (AvgIpc) is 2.74. The van der Waals surface area contributed by atoms with E-state index >= 15 is 0 Å². The Kier molecular flexibility index (Phi) is 3.33. The maximum Gasteiger partial charge on any atom is 0.119 e. The quantitative estimate of drug-likeness (QED) is 0.858. The van der Waals surface area contributed by atoms with Gasteiger partial charge in [-0.2, -0.15) is 0 Å².